The SMILES string of the molecule is CCCc1cc(F)nc(F)c1. The molecule has 1 aromatic heterocycles. The Morgan fingerprint density at radius 2 is 1.82 bits per heavy atom. The molecule has 11 heavy (non-hydrogen) atoms. The fraction of sp³-hybridized carbons (Fsp3) is 0.375. The maximum atomic E-state index is 12.4. The van der Waals surface area contributed by atoms with Crippen molar-refractivity contribution in [1.82, 2.24) is 4.98 Å². The van der Waals surface area contributed by atoms with Crippen molar-refractivity contribution in [3.05, 3.63) is 29.6 Å². The Morgan fingerprint density at radius 3 is 2.27 bits per heavy atom. The van der Waals surface area contributed by atoms with Crippen LogP contribution in [0.15, 0.2) is 12.1 Å². The Balaban J connectivity index is 2.89. The molecule has 3 heteroatoms. The summed E-state index contributed by atoms with van der Waals surface area (Å²) in [5, 5.41) is 0. The number of hydrogen-bond acceptors (Lipinski definition) is 1. The smallest absolute Gasteiger partial charge is 0.191 e. The average molecular weight is 157 g/mol. The summed E-state index contributed by atoms with van der Waals surface area (Å²) in [6, 6.07) is 2.51. The lowest BCUT2D eigenvalue weighted by Crippen LogP contribution is -1.92. The Morgan fingerprint density at radius 1 is 1.27 bits per heavy atom. The molecule has 0 amide bonds. The van der Waals surface area contributed by atoms with Gasteiger partial charge in [0.2, 0.25) is 11.9 Å². The minimum atomic E-state index is -0.742. The number of pyridine rings is 1. The quantitative estimate of drug-likeness (QED) is 0.600. The summed E-state index contributed by atoms with van der Waals surface area (Å²) in [4.78, 5) is 2.98. The molecule has 0 bridgehead atoms. The van der Waals surface area contributed by atoms with Crippen LogP contribution in [-0.2, 0) is 6.42 Å². The molecule has 0 aliphatic heterocycles. The van der Waals surface area contributed by atoms with E-state index in [9.17, 15) is 8.78 Å². The third-order valence-corrected chi connectivity index (χ3v) is 1.36. The predicted molar refractivity (Wildman–Crippen MR) is 38.1 cm³/mol. The minimum Gasteiger partial charge on any atom is -0.191 e. The summed E-state index contributed by atoms with van der Waals surface area (Å²) in [6.07, 6.45) is 1.57. The van der Waals surface area contributed by atoms with Gasteiger partial charge in [-0.25, -0.2) is 0 Å². The zero-order chi connectivity index (χ0) is 8.27. The first-order valence-corrected chi connectivity index (χ1v) is 3.54. The van der Waals surface area contributed by atoms with Gasteiger partial charge in [-0.1, -0.05) is 13.3 Å². The third kappa shape index (κ3) is 2.26. The number of halogens is 2. The topological polar surface area (TPSA) is 12.9 Å². The molecule has 0 unspecified atom stereocenters. The number of nitrogens with zero attached hydrogens (tertiary/aromatic N) is 1. The zero-order valence-corrected chi connectivity index (χ0v) is 6.27. The van der Waals surface area contributed by atoms with E-state index in [0.29, 0.717) is 12.0 Å². The molecular weight excluding hydrogens is 148 g/mol. The van der Waals surface area contributed by atoms with Crippen molar-refractivity contribution in [3.63, 3.8) is 0 Å². The second-order valence-electron chi connectivity index (χ2n) is 2.37. The van der Waals surface area contributed by atoms with Gasteiger partial charge in [0.1, 0.15) is 0 Å². The van der Waals surface area contributed by atoms with Crippen LogP contribution in [0.5, 0.6) is 0 Å². The van der Waals surface area contributed by atoms with E-state index in [0.717, 1.165) is 6.42 Å². The predicted octanol–water partition coefficient (Wildman–Crippen LogP) is 2.31. The number of hydrogen-bond donors (Lipinski definition) is 0. The van der Waals surface area contributed by atoms with Gasteiger partial charge in [0, 0.05) is 0 Å². The molecule has 0 radical (unpaired) electrons. The third-order valence-electron chi connectivity index (χ3n) is 1.36. The van der Waals surface area contributed by atoms with E-state index in [1.807, 2.05) is 6.92 Å². The van der Waals surface area contributed by atoms with Gasteiger partial charge in [0.15, 0.2) is 0 Å². The van der Waals surface area contributed by atoms with Gasteiger partial charge in [-0.3, -0.25) is 0 Å². The van der Waals surface area contributed by atoms with E-state index in [2.05, 4.69) is 4.98 Å². The molecule has 60 valence electrons. The van der Waals surface area contributed by atoms with Gasteiger partial charge in [0.25, 0.3) is 0 Å². The highest BCUT2D eigenvalue weighted by Crippen LogP contribution is 2.05. The zero-order valence-electron chi connectivity index (χ0n) is 6.27. The second kappa shape index (κ2) is 3.42. The van der Waals surface area contributed by atoms with Gasteiger partial charge in [-0.15, -0.1) is 0 Å². The summed E-state index contributed by atoms with van der Waals surface area (Å²) < 4.78 is 24.8. The van der Waals surface area contributed by atoms with E-state index in [1.54, 1.807) is 0 Å². The van der Waals surface area contributed by atoms with Crippen molar-refractivity contribution < 1.29 is 8.78 Å². The largest absolute Gasteiger partial charge is 0.215 e. The molecule has 0 aliphatic carbocycles. The summed E-state index contributed by atoms with van der Waals surface area (Å²) >= 11 is 0. The molecule has 0 aliphatic rings. The molecule has 0 saturated heterocycles. The summed E-state index contributed by atoms with van der Waals surface area (Å²) in [5.41, 5.74) is 0.664. The van der Waals surface area contributed by atoms with Crippen molar-refractivity contribution in [3.8, 4) is 0 Å². The summed E-state index contributed by atoms with van der Waals surface area (Å²) in [6.45, 7) is 1.95. The number of aryl methyl sites for hydroxylation is 1. The first-order valence-electron chi connectivity index (χ1n) is 3.54. The van der Waals surface area contributed by atoms with Crippen LogP contribution < -0.4 is 0 Å². The van der Waals surface area contributed by atoms with Crippen LogP contribution in [0.4, 0.5) is 8.78 Å². The monoisotopic (exact) mass is 157 g/mol. The molecule has 1 nitrogen and oxygen atoms in total. The van der Waals surface area contributed by atoms with Crippen LogP contribution in [0.1, 0.15) is 18.9 Å². The molecule has 0 N–H and O–H groups in total. The van der Waals surface area contributed by atoms with Gasteiger partial charge in [-0.05, 0) is 24.1 Å². The van der Waals surface area contributed by atoms with Crippen LogP contribution in [0.3, 0.4) is 0 Å². The summed E-state index contributed by atoms with van der Waals surface area (Å²) in [5.74, 6) is -1.48. The Kier molecular flexibility index (Phi) is 2.52. The standard InChI is InChI=1S/C8H9F2N/c1-2-3-6-4-7(9)11-8(10)5-6/h4-5H,2-3H2,1H3. The molecule has 0 spiro atoms. The molecular formula is C8H9F2N. The van der Waals surface area contributed by atoms with Crippen LogP contribution in [0, 0.1) is 11.9 Å². The Labute approximate surface area is 64.1 Å². The van der Waals surface area contributed by atoms with Crippen molar-refractivity contribution >= 4 is 0 Å². The maximum absolute atomic E-state index is 12.4. The van der Waals surface area contributed by atoms with Crippen molar-refractivity contribution in [2.75, 3.05) is 0 Å². The fourth-order valence-corrected chi connectivity index (χ4v) is 0.947. The molecule has 1 heterocycles. The van der Waals surface area contributed by atoms with Crippen molar-refractivity contribution in [2.45, 2.75) is 19.8 Å². The van der Waals surface area contributed by atoms with E-state index in [1.165, 1.54) is 12.1 Å². The van der Waals surface area contributed by atoms with E-state index >= 15 is 0 Å². The van der Waals surface area contributed by atoms with Gasteiger partial charge in [0.05, 0.1) is 0 Å². The van der Waals surface area contributed by atoms with Crippen molar-refractivity contribution in [1.29, 1.82) is 0 Å². The lowest BCUT2D eigenvalue weighted by atomic mass is 10.1. The van der Waals surface area contributed by atoms with Gasteiger partial charge >= 0.3 is 0 Å². The number of aromatic nitrogens is 1. The highest BCUT2D eigenvalue weighted by atomic mass is 19.1. The Bertz CT molecular complexity index is 228. The fourth-order valence-electron chi connectivity index (χ4n) is 0.947. The van der Waals surface area contributed by atoms with E-state index in [-0.39, 0.29) is 0 Å². The molecule has 0 atom stereocenters. The first kappa shape index (κ1) is 8.11. The molecule has 1 rings (SSSR count). The molecule has 1 aromatic rings. The highest BCUT2D eigenvalue weighted by Gasteiger charge is 1.99. The van der Waals surface area contributed by atoms with Gasteiger partial charge < -0.3 is 0 Å². The lowest BCUT2D eigenvalue weighted by molar-refractivity contribution is 0.509. The first-order chi connectivity index (χ1) is 5.22. The van der Waals surface area contributed by atoms with Gasteiger partial charge in [-0.2, -0.15) is 13.8 Å². The molecule has 0 fully saturated rings. The number of rotatable bonds is 2. The van der Waals surface area contributed by atoms with Crippen molar-refractivity contribution in [2.24, 2.45) is 0 Å². The van der Waals surface area contributed by atoms with Crippen LogP contribution in [0.25, 0.3) is 0 Å². The van der Waals surface area contributed by atoms with Crippen LogP contribution in [0.2, 0.25) is 0 Å². The molecule has 0 saturated carbocycles. The maximum Gasteiger partial charge on any atom is 0.215 e. The van der Waals surface area contributed by atoms with E-state index in [4.69, 9.17) is 0 Å². The second-order valence-corrected chi connectivity index (χ2v) is 2.37. The molecule has 0 aromatic carbocycles. The van der Waals surface area contributed by atoms with E-state index < -0.39 is 11.9 Å². The minimum absolute atomic E-state index is 0.664. The highest BCUT2D eigenvalue weighted by molar-refractivity contribution is 5.11. The van der Waals surface area contributed by atoms with Crippen LogP contribution >= 0.6 is 0 Å². The Hall–Kier alpha value is -0.990. The van der Waals surface area contributed by atoms with Crippen LogP contribution in [-0.4, -0.2) is 4.98 Å². The average Bonchev–Trinajstić information content (AvgIpc) is 1.85. The normalized spacial score (nSPS) is 10.1. The lowest BCUT2D eigenvalue weighted by Gasteiger charge is -1.97. The summed E-state index contributed by atoms with van der Waals surface area (Å²) in [7, 11) is 0.